The van der Waals surface area contributed by atoms with E-state index >= 15 is 0 Å². The van der Waals surface area contributed by atoms with Crippen LogP contribution in [0.5, 0.6) is 0 Å². The van der Waals surface area contributed by atoms with Crippen LogP contribution < -0.4 is 5.73 Å². The summed E-state index contributed by atoms with van der Waals surface area (Å²) in [4.78, 5) is 0. The van der Waals surface area contributed by atoms with Crippen LogP contribution in [0.25, 0.3) is 0 Å². The highest BCUT2D eigenvalue weighted by atomic mass is 32.1. The topological polar surface area (TPSA) is 50.7 Å². The number of rotatable bonds is 2. The van der Waals surface area contributed by atoms with Crippen LogP contribution in [0.4, 0.5) is 0 Å². The van der Waals surface area contributed by atoms with E-state index in [-0.39, 0.29) is 5.17 Å². The smallest absolute Gasteiger partial charge is 0.177 e. The van der Waals surface area contributed by atoms with Gasteiger partial charge in [-0.15, -0.1) is 17.7 Å². The molecule has 0 radical (unpaired) electrons. The van der Waals surface area contributed by atoms with Gasteiger partial charge >= 0.3 is 0 Å². The maximum atomic E-state index is 5.15. The van der Waals surface area contributed by atoms with Crippen molar-refractivity contribution in [1.29, 1.82) is 0 Å². The second kappa shape index (κ2) is 4.33. The van der Waals surface area contributed by atoms with Crippen LogP contribution in [-0.4, -0.2) is 10.9 Å². The van der Waals surface area contributed by atoms with E-state index in [1.165, 1.54) is 0 Å². The van der Waals surface area contributed by atoms with Gasteiger partial charge in [0.1, 0.15) is 0 Å². The monoisotopic (exact) mass is 159 g/mol. The molecule has 0 saturated heterocycles. The Morgan fingerprint density at radius 3 is 2.20 bits per heavy atom. The molecule has 2 N–H and O–H groups in total. The average Bonchev–Trinajstić information content (AvgIpc) is 1.82. The molecular weight excluding hydrogens is 146 g/mol. The molecule has 0 fully saturated rings. The Balaban J connectivity index is 4.05. The van der Waals surface area contributed by atoms with Crippen molar-refractivity contribution in [2.75, 3.05) is 0 Å². The third-order valence-corrected chi connectivity index (χ3v) is 1.24. The summed E-state index contributed by atoms with van der Waals surface area (Å²) in [5.74, 6) is 0.413. The van der Waals surface area contributed by atoms with Crippen molar-refractivity contribution in [3.05, 3.63) is 0 Å². The minimum Gasteiger partial charge on any atom is -0.377 e. The van der Waals surface area contributed by atoms with Gasteiger partial charge in [-0.1, -0.05) is 13.8 Å². The number of hydrogen-bond donors (Lipinski definition) is 2. The van der Waals surface area contributed by atoms with Crippen molar-refractivity contribution in [1.82, 2.24) is 0 Å². The largest absolute Gasteiger partial charge is 0.377 e. The van der Waals surface area contributed by atoms with Crippen molar-refractivity contribution in [2.45, 2.75) is 20.8 Å². The molecule has 0 spiro atoms. The lowest BCUT2D eigenvalue weighted by Crippen LogP contribution is -2.04. The normalized spacial score (nSPS) is 14.5. The number of amidine groups is 1. The molecule has 0 heterocycles. The van der Waals surface area contributed by atoms with E-state index in [0.29, 0.717) is 5.92 Å². The molecule has 0 saturated carbocycles. The molecule has 0 rings (SSSR count). The van der Waals surface area contributed by atoms with E-state index in [1.54, 1.807) is 0 Å². The van der Waals surface area contributed by atoms with Gasteiger partial charge < -0.3 is 5.73 Å². The van der Waals surface area contributed by atoms with Gasteiger partial charge in [0.25, 0.3) is 0 Å². The Morgan fingerprint density at radius 2 is 1.90 bits per heavy atom. The Morgan fingerprint density at radius 1 is 1.40 bits per heavy atom. The lowest BCUT2D eigenvalue weighted by Gasteiger charge is -1.99. The molecule has 0 aliphatic rings. The highest BCUT2D eigenvalue weighted by molar-refractivity contribution is 7.96. The molecule has 0 atom stereocenters. The minimum atomic E-state index is 0.194. The van der Waals surface area contributed by atoms with Gasteiger partial charge in [-0.2, -0.15) is 5.10 Å². The molecule has 0 aromatic heterocycles. The van der Waals surface area contributed by atoms with Gasteiger partial charge in [-0.3, -0.25) is 0 Å². The maximum absolute atomic E-state index is 5.15. The van der Waals surface area contributed by atoms with Crippen LogP contribution >= 0.6 is 12.6 Å². The zero-order valence-corrected chi connectivity index (χ0v) is 7.39. The van der Waals surface area contributed by atoms with Crippen LogP contribution in [0.3, 0.4) is 0 Å². The fourth-order valence-electron chi connectivity index (χ4n) is 0.246. The minimum absolute atomic E-state index is 0.194. The van der Waals surface area contributed by atoms with Crippen LogP contribution in [0.2, 0.25) is 0 Å². The summed E-state index contributed by atoms with van der Waals surface area (Å²) in [7, 11) is 0. The third kappa shape index (κ3) is 4.38. The lowest BCUT2D eigenvalue weighted by molar-refractivity contribution is 0.870. The van der Waals surface area contributed by atoms with Crippen LogP contribution in [0.1, 0.15) is 20.8 Å². The van der Waals surface area contributed by atoms with E-state index in [4.69, 9.17) is 5.73 Å². The van der Waals surface area contributed by atoms with E-state index < -0.39 is 0 Å². The zero-order valence-electron chi connectivity index (χ0n) is 6.50. The second-order valence-corrected chi connectivity index (χ2v) is 2.81. The summed E-state index contributed by atoms with van der Waals surface area (Å²) in [6.07, 6.45) is 0. The van der Waals surface area contributed by atoms with Crippen molar-refractivity contribution >= 4 is 23.5 Å². The Bertz CT molecular complexity index is 156. The molecule has 0 bridgehead atoms. The first-order valence-corrected chi connectivity index (χ1v) is 3.55. The fourth-order valence-corrected chi connectivity index (χ4v) is 0.290. The van der Waals surface area contributed by atoms with Crippen molar-refractivity contribution in [2.24, 2.45) is 21.9 Å². The number of nitrogens with two attached hydrogens (primary N) is 1. The first-order valence-electron chi connectivity index (χ1n) is 3.10. The van der Waals surface area contributed by atoms with Gasteiger partial charge in [0.05, 0.1) is 0 Å². The molecular formula is C6H13N3S. The molecule has 10 heavy (non-hydrogen) atoms. The van der Waals surface area contributed by atoms with Crippen molar-refractivity contribution in [3.63, 3.8) is 0 Å². The SMILES string of the molecule is C/C(=N\N=C(\N)S)C(C)C. The Kier molecular flexibility index (Phi) is 4.11. The first kappa shape index (κ1) is 9.49. The highest BCUT2D eigenvalue weighted by Gasteiger charge is 1.95. The molecule has 0 aromatic rings. The molecule has 0 unspecified atom stereocenters. The summed E-state index contributed by atoms with van der Waals surface area (Å²) in [6.45, 7) is 6.00. The fraction of sp³-hybridized carbons (Fsp3) is 0.667. The Hall–Kier alpha value is -0.510. The maximum Gasteiger partial charge on any atom is 0.177 e. The van der Waals surface area contributed by atoms with Gasteiger partial charge in [-0.05, 0) is 12.8 Å². The highest BCUT2D eigenvalue weighted by Crippen LogP contribution is 1.96. The molecule has 58 valence electrons. The second-order valence-electron chi connectivity index (χ2n) is 2.35. The molecule has 4 heteroatoms. The average molecular weight is 159 g/mol. The van der Waals surface area contributed by atoms with E-state index in [9.17, 15) is 0 Å². The summed E-state index contributed by atoms with van der Waals surface area (Å²) < 4.78 is 0. The summed E-state index contributed by atoms with van der Waals surface area (Å²) in [5.41, 5.74) is 6.10. The van der Waals surface area contributed by atoms with E-state index in [0.717, 1.165) is 5.71 Å². The summed E-state index contributed by atoms with van der Waals surface area (Å²) >= 11 is 3.76. The lowest BCUT2D eigenvalue weighted by atomic mass is 10.1. The first-order chi connectivity index (χ1) is 4.54. The summed E-state index contributed by atoms with van der Waals surface area (Å²) in [5, 5.41) is 7.61. The molecule has 3 nitrogen and oxygen atoms in total. The van der Waals surface area contributed by atoms with Gasteiger partial charge in [0.2, 0.25) is 0 Å². The molecule has 0 amide bonds. The van der Waals surface area contributed by atoms with Crippen molar-refractivity contribution in [3.8, 4) is 0 Å². The standard InChI is InChI=1S/C6H13N3S/c1-4(2)5(3)8-9-6(7)10/h4H,1-3H3,(H3,7,9,10)/b8-5+. The number of nitrogens with zero attached hydrogens (tertiary/aromatic N) is 2. The predicted molar refractivity (Wildman–Crippen MR) is 48.6 cm³/mol. The number of hydrogen-bond acceptors (Lipinski definition) is 2. The quantitative estimate of drug-likeness (QED) is 0.271. The van der Waals surface area contributed by atoms with Crippen LogP contribution in [-0.2, 0) is 0 Å². The van der Waals surface area contributed by atoms with Gasteiger partial charge in [0.15, 0.2) is 5.17 Å². The molecule has 0 aliphatic heterocycles. The van der Waals surface area contributed by atoms with Crippen LogP contribution in [0, 0.1) is 5.92 Å². The number of thiol groups is 1. The molecule has 0 aliphatic carbocycles. The van der Waals surface area contributed by atoms with E-state index in [2.05, 4.69) is 22.8 Å². The Labute approximate surface area is 66.8 Å². The molecule has 0 aromatic carbocycles. The van der Waals surface area contributed by atoms with Crippen molar-refractivity contribution < 1.29 is 0 Å². The zero-order chi connectivity index (χ0) is 8.15. The predicted octanol–water partition coefficient (Wildman–Crippen LogP) is 1.26. The third-order valence-electron chi connectivity index (χ3n) is 1.15. The van der Waals surface area contributed by atoms with Gasteiger partial charge in [-0.25, -0.2) is 0 Å². The van der Waals surface area contributed by atoms with Gasteiger partial charge in [0, 0.05) is 5.71 Å². The van der Waals surface area contributed by atoms with E-state index in [1.807, 2.05) is 20.8 Å². The van der Waals surface area contributed by atoms with Crippen LogP contribution in [0.15, 0.2) is 10.2 Å². The summed E-state index contributed by atoms with van der Waals surface area (Å²) in [6, 6.07) is 0.